The Morgan fingerprint density at radius 1 is 0.721 bits per heavy atom. The fourth-order valence-corrected chi connectivity index (χ4v) is 7.41. The van der Waals surface area contributed by atoms with Gasteiger partial charge in [-0.15, -0.1) is 0 Å². The van der Waals surface area contributed by atoms with Gasteiger partial charge in [0.25, 0.3) is 0 Å². The number of anilines is 1. The average molecular weight is 848 g/mol. The SMILES string of the molecule is CNc1cncc(COc2cc(OCc3cccc(-c4cccc(-c5ccc6c(CNC[C@@H](O)CC(=O)O)ccnc6c5)c4C)c3C)c(Cl)cc2CNC[C@@H](O)CC(=O)O)c1. The molecule has 0 saturated heterocycles. The summed E-state index contributed by atoms with van der Waals surface area (Å²) in [5, 5.41) is 48.7. The number of rotatable bonds is 21. The number of carboxylic acids is 2. The van der Waals surface area contributed by atoms with Gasteiger partial charge in [-0.25, -0.2) is 0 Å². The highest BCUT2D eigenvalue weighted by Crippen LogP contribution is 2.37. The maximum atomic E-state index is 11.0. The first-order chi connectivity index (χ1) is 29.4. The molecule has 0 bridgehead atoms. The molecule has 0 amide bonds. The van der Waals surface area contributed by atoms with E-state index in [9.17, 15) is 19.8 Å². The Bertz CT molecular complexity index is 2500. The number of aliphatic hydroxyl groups excluding tert-OH is 2. The van der Waals surface area contributed by atoms with E-state index in [1.54, 1.807) is 30.7 Å². The van der Waals surface area contributed by atoms with Crippen molar-refractivity contribution in [1.29, 1.82) is 0 Å². The molecule has 0 fully saturated rings. The third-order valence-electron chi connectivity index (χ3n) is 10.4. The number of nitrogens with one attached hydrogen (secondary N) is 3. The molecule has 0 unspecified atom stereocenters. The maximum Gasteiger partial charge on any atom is 0.306 e. The van der Waals surface area contributed by atoms with Crippen LogP contribution in [0.1, 0.15) is 46.2 Å². The Kier molecular flexibility index (Phi) is 15.3. The molecule has 6 aromatic rings. The number of carbonyl (C=O) groups is 2. The first-order valence-corrected chi connectivity index (χ1v) is 20.2. The van der Waals surface area contributed by atoms with Gasteiger partial charge >= 0.3 is 11.9 Å². The zero-order valence-corrected chi connectivity index (χ0v) is 35.0. The summed E-state index contributed by atoms with van der Waals surface area (Å²) in [6, 6.07) is 26.0. The summed E-state index contributed by atoms with van der Waals surface area (Å²) in [5.74, 6) is -1.18. The number of aromatic nitrogens is 2. The predicted molar refractivity (Wildman–Crippen MR) is 236 cm³/mol. The van der Waals surface area contributed by atoms with Crippen LogP contribution in [0.4, 0.5) is 5.69 Å². The largest absolute Gasteiger partial charge is 0.488 e. The molecule has 2 aromatic heterocycles. The van der Waals surface area contributed by atoms with E-state index in [0.717, 1.165) is 66.7 Å². The van der Waals surface area contributed by atoms with E-state index in [1.165, 1.54) is 0 Å². The van der Waals surface area contributed by atoms with Crippen molar-refractivity contribution >= 4 is 40.1 Å². The number of nitrogens with zero attached hydrogens (tertiary/aromatic N) is 2. The van der Waals surface area contributed by atoms with E-state index in [0.29, 0.717) is 28.6 Å². The lowest BCUT2D eigenvalue weighted by molar-refractivity contribution is -0.140. The van der Waals surface area contributed by atoms with Gasteiger partial charge in [-0.3, -0.25) is 19.6 Å². The molecule has 61 heavy (non-hydrogen) atoms. The lowest BCUT2D eigenvalue weighted by Gasteiger charge is -2.19. The fourth-order valence-electron chi connectivity index (χ4n) is 7.17. The number of pyridine rings is 2. The monoisotopic (exact) mass is 847 g/mol. The molecule has 0 saturated carbocycles. The van der Waals surface area contributed by atoms with Crippen molar-refractivity contribution in [1.82, 2.24) is 20.6 Å². The minimum atomic E-state index is -1.08. The van der Waals surface area contributed by atoms with Crippen molar-refractivity contribution in [2.24, 2.45) is 0 Å². The highest BCUT2D eigenvalue weighted by molar-refractivity contribution is 6.32. The summed E-state index contributed by atoms with van der Waals surface area (Å²) in [6.07, 6.45) is 2.48. The molecule has 6 rings (SSSR count). The molecule has 13 nitrogen and oxygen atoms in total. The molecule has 2 atom stereocenters. The van der Waals surface area contributed by atoms with Crippen molar-refractivity contribution in [3.63, 3.8) is 0 Å². The predicted octanol–water partition coefficient (Wildman–Crippen LogP) is 7.28. The normalized spacial score (nSPS) is 12.2. The first-order valence-electron chi connectivity index (χ1n) is 19.9. The first kappa shape index (κ1) is 44.5. The standard InChI is InChI=1S/C47H50ClN5O8/c1-28-33(27-61-45-19-44(60-26-30-14-35(49-3)23-50-20-30)34(15-42(45)48)22-52-25-37(55)18-47(58)59)6-4-8-39(28)40-9-5-7-38(29(40)2)31-10-11-41-32(12-13-53-43(41)16-31)21-51-24-36(54)17-46(56)57/h4-16,19-20,23,36-37,49,51-52,54-55H,17-18,21-22,24-27H2,1-3H3,(H,56,57)(H,58,59)/t36-,37-/m0/s1. The second kappa shape index (κ2) is 20.9. The number of benzene rings is 4. The number of aliphatic hydroxyl groups is 2. The second-order valence-electron chi connectivity index (χ2n) is 14.8. The van der Waals surface area contributed by atoms with Gasteiger partial charge in [-0.05, 0) is 82.6 Å². The molecule has 0 radical (unpaired) electrons. The summed E-state index contributed by atoms with van der Waals surface area (Å²) in [6.45, 7) is 5.60. The third-order valence-corrected chi connectivity index (χ3v) is 10.7. The lowest BCUT2D eigenvalue weighted by Crippen LogP contribution is -2.28. The van der Waals surface area contributed by atoms with Crippen LogP contribution in [0.2, 0.25) is 5.02 Å². The molecule has 0 spiro atoms. The highest BCUT2D eigenvalue weighted by Gasteiger charge is 2.17. The van der Waals surface area contributed by atoms with Gasteiger partial charge in [-0.1, -0.05) is 60.1 Å². The van der Waals surface area contributed by atoms with Crippen LogP contribution < -0.4 is 25.4 Å². The smallest absolute Gasteiger partial charge is 0.306 e. The third kappa shape index (κ3) is 11.8. The molecule has 14 heteroatoms. The molecule has 7 N–H and O–H groups in total. The summed E-state index contributed by atoms with van der Waals surface area (Å²) in [5.41, 5.74) is 11.6. The van der Waals surface area contributed by atoms with Crippen molar-refractivity contribution in [2.75, 3.05) is 25.5 Å². The maximum absolute atomic E-state index is 11.0. The quantitative estimate of drug-likeness (QED) is 0.0382. The van der Waals surface area contributed by atoms with Crippen LogP contribution in [0.25, 0.3) is 33.2 Å². The zero-order chi connectivity index (χ0) is 43.5. The van der Waals surface area contributed by atoms with Crippen LogP contribution in [0, 0.1) is 13.8 Å². The molecule has 4 aromatic carbocycles. The van der Waals surface area contributed by atoms with Gasteiger partial charge < -0.3 is 45.9 Å². The van der Waals surface area contributed by atoms with E-state index >= 15 is 0 Å². The molecule has 2 heterocycles. The van der Waals surface area contributed by atoms with Crippen LogP contribution >= 0.6 is 11.6 Å². The van der Waals surface area contributed by atoms with Crippen molar-refractivity contribution in [3.05, 3.63) is 136 Å². The Morgan fingerprint density at radius 2 is 1.38 bits per heavy atom. The van der Waals surface area contributed by atoms with Crippen LogP contribution in [0.3, 0.4) is 0 Å². The number of carboxylic acid groups (broad SMARTS) is 2. The average Bonchev–Trinajstić information content (AvgIpc) is 3.23. The van der Waals surface area contributed by atoms with Crippen LogP contribution in [0.15, 0.2) is 97.5 Å². The fraction of sp³-hybridized carbons (Fsp3) is 0.277. The molecular weight excluding hydrogens is 798 g/mol. The van der Waals surface area contributed by atoms with Gasteiger partial charge in [0.1, 0.15) is 24.7 Å². The summed E-state index contributed by atoms with van der Waals surface area (Å²) < 4.78 is 12.7. The van der Waals surface area contributed by atoms with Crippen LogP contribution in [-0.2, 0) is 35.9 Å². The Morgan fingerprint density at radius 3 is 2.08 bits per heavy atom. The van der Waals surface area contributed by atoms with Crippen molar-refractivity contribution in [2.45, 2.75) is 65.2 Å². The second-order valence-corrected chi connectivity index (χ2v) is 15.2. The van der Waals surface area contributed by atoms with E-state index in [-0.39, 0.29) is 45.7 Å². The van der Waals surface area contributed by atoms with Gasteiger partial charge in [-0.2, -0.15) is 0 Å². The number of fused-ring (bicyclic) bond motifs is 1. The van der Waals surface area contributed by atoms with E-state index in [4.69, 9.17) is 31.3 Å². The van der Waals surface area contributed by atoms with Gasteiger partial charge in [0.05, 0.1) is 41.3 Å². The van der Waals surface area contributed by atoms with Crippen LogP contribution in [0.5, 0.6) is 11.5 Å². The van der Waals surface area contributed by atoms with Crippen molar-refractivity contribution in [3.8, 4) is 33.8 Å². The zero-order valence-electron chi connectivity index (χ0n) is 34.2. The Labute approximate surface area is 359 Å². The Hall–Kier alpha value is -6.09. The van der Waals surface area contributed by atoms with E-state index in [2.05, 4.69) is 76.2 Å². The molecule has 0 aliphatic rings. The number of halogens is 1. The van der Waals surface area contributed by atoms with Gasteiger partial charge in [0.2, 0.25) is 0 Å². The van der Waals surface area contributed by atoms with Crippen LogP contribution in [-0.4, -0.2) is 74.7 Å². The van der Waals surface area contributed by atoms with Gasteiger partial charge in [0.15, 0.2) is 0 Å². The molecule has 0 aliphatic carbocycles. The van der Waals surface area contributed by atoms with Crippen molar-refractivity contribution < 1.29 is 39.5 Å². The molecule has 0 aliphatic heterocycles. The Balaban J connectivity index is 1.20. The van der Waals surface area contributed by atoms with E-state index < -0.39 is 24.1 Å². The minimum Gasteiger partial charge on any atom is -0.488 e. The summed E-state index contributed by atoms with van der Waals surface area (Å²) in [4.78, 5) is 30.9. The van der Waals surface area contributed by atoms with E-state index in [1.807, 2.05) is 37.4 Å². The lowest BCUT2D eigenvalue weighted by atomic mass is 9.89. The summed E-state index contributed by atoms with van der Waals surface area (Å²) >= 11 is 6.80. The summed E-state index contributed by atoms with van der Waals surface area (Å²) in [7, 11) is 1.81. The number of aliphatic carboxylic acids is 2. The number of ether oxygens (including phenoxy) is 2. The van der Waals surface area contributed by atoms with Gasteiger partial charge in [0, 0.05) is 74.4 Å². The minimum absolute atomic E-state index is 0.0684. The number of hydrogen-bond donors (Lipinski definition) is 7. The highest BCUT2D eigenvalue weighted by atomic mass is 35.5. The molecule has 318 valence electrons. The number of hydrogen-bond acceptors (Lipinski definition) is 11. The molecular formula is C47H50ClN5O8. The topological polar surface area (TPSA) is 195 Å².